The van der Waals surface area contributed by atoms with E-state index in [0.717, 1.165) is 17.8 Å². The van der Waals surface area contributed by atoms with Crippen molar-refractivity contribution in [2.24, 2.45) is 0 Å². The second kappa shape index (κ2) is 4.74. The SMILES string of the molecule is Fc1ccc(F)c(-c2nc(CNC3CC3)cs2)c1. The highest BCUT2D eigenvalue weighted by Crippen LogP contribution is 2.27. The molecule has 2 nitrogen and oxygen atoms in total. The number of halogens is 2. The predicted octanol–water partition coefficient (Wildman–Crippen LogP) is 3.34. The zero-order valence-electron chi connectivity index (χ0n) is 9.62. The number of thiazole rings is 1. The lowest BCUT2D eigenvalue weighted by molar-refractivity contribution is 0.603. The minimum atomic E-state index is -0.445. The summed E-state index contributed by atoms with van der Waals surface area (Å²) in [4.78, 5) is 4.33. The van der Waals surface area contributed by atoms with E-state index in [4.69, 9.17) is 0 Å². The van der Waals surface area contributed by atoms with Crippen molar-refractivity contribution < 1.29 is 8.78 Å². The van der Waals surface area contributed by atoms with Gasteiger partial charge in [-0.05, 0) is 31.0 Å². The topological polar surface area (TPSA) is 24.9 Å². The van der Waals surface area contributed by atoms with Crippen LogP contribution in [-0.2, 0) is 6.54 Å². The maximum Gasteiger partial charge on any atom is 0.133 e. The van der Waals surface area contributed by atoms with Gasteiger partial charge in [0.1, 0.15) is 16.6 Å². The van der Waals surface area contributed by atoms with Gasteiger partial charge in [0.25, 0.3) is 0 Å². The molecular weight excluding hydrogens is 254 g/mol. The summed E-state index contributed by atoms with van der Waals surface area (Å²) >= 11 is 1.34. The van der Waals surface area contributed by atoms with Crippen LogP contribution in [0.5, 0.6) is 0 Å². The Balaban J connectivity index is 1.80. The molecule has 1 heterocycles. The summed E-state index contributed by atoms with van der Waals surface area (Å²) in [5, 5.41) is 5.75. The van der Waals surface area contributed by atoms with Crippen LogP contribution >= 0.6 is 11.3 Å². The molecule has 0 atom stereocenters. The molecule has 3 rings (SSSR count). The van der Waals surface area contributed by atoms with Crippen LogP contribution in [0.3, 0.4) is 0 Å². The molecule has 0 unspecified atom stereocenters. The van der Waals surface area contributed by atoms with Gasteiger partial charge in [0.2, 0.25) is 0 Å². The van der Waals surface area contributed by atoms with Crippen molar-refractivity contribution in [3.05, 3.63) is 40.9 Å². The predicted molar refractivity (Wildman–Crippen MR) is 67.3 cm³/mol. The van der Waals surface area contributed by atoms with Crippen LogP contribution in [0.25, 0.3) is 10.6 Å². The number of nitrogens with one attached hydrogen (secondary N) is 1. The average Bonchev–Trinajstić information content (AvgIpc) is 3.08. The molecule has 1 aromatic heterocycles. The number of aromatic nitrogens is 1. The van der Waals surface area contributed by atoms with Gasteiger partial charge in [-0.15, -0.1) is 11.3 Å². The first kappa shape index (κ1) is 11.7. The van der Waals surface area contributed by atoms with E-state index in [0.29, 0.717) is 17.6 Å². The molecule has 0 radical (unpaired) electrons. The summed E-state index contributed by atoms with van der Waals surface area (Å²) in [5.41, 5.74) is 1.11. The molecule has 2 aromatic rings. The molecule has 0 spiro atoms. The molecule has 0 aliphatic heterocycles. The fourth-order valence-corrected chi connectivity index (χ4v) is 2.55. The monoisotopic (exact) mass is 266 g/mol. The van der Waals surface area contributed by atoms with Crippen molar-refractivity contribution in [3.63, 3.8) is 0 Å². The number of rotatable bonds is 4. The van der Waals surface area contributed by atoms with Crippen molar-refractivity contribution in [1.82, 2.24) is 10.3 Å². The van der Waals surface area contributed by atoms with Crippen LogP contribution in [0.15, 0.2) is 23.6 Å². The normalized spacial score (nSPS) is 15.0. The van der Waals surface area contributed by atoms with E-state index in [1.54, 1.807) is 0 Å². The van der Waals surface area contributed by atoms with Crippen molar-refractivity contribution >= 4 is 11.3 Å². The lowest BCUT2D eigenvalue weighted by Crippen LogP contribution is -2.15. The van der Waals surface area contributed by atoms with Crippen LogP contribution in [0, 0.1) is 11.6 Å². The first-order chi connectivity index (χ1) is 8.72. The van der Waals surface area contributed by atoms with E-state index >= 15 is 0 Å². The standard InChI is InChI=1S/C13H12F2N2S/c14-8-1-4-12(15)11(5-8)13-17-10(7-18-13)6-16-9-2-3-9/h1,4-5,7,9,16H,2-3,6H2. The smallest absolute Gasteiger partial charge is 0.133 e. The van der Waals surface area contributed by atoms with Crippen LogP contribution in [-0.4, -0.2) is 11.0 Å². The second-order valence-corrected chi connectivity index (χ2v) is 5.28. The van der Waals surface area contributed by atoms with Gasteiger partial charge in [0.05, 0.1) is 5.69 Å². The summed E-state index contributed by atoms with van der Waals surface area (Å²) in [6.45, 7) is 0.693. The quantitative estimate of drug-likeness (QED) is 0.918. The highest BCUT2D eigenvalue weighted by atomic mass is 32.1. The lowest BCUT2D eigenvalue weighted by atomic mass is 10.2. The zero-order valence-corrected chi connectivity index (χ0v) is 10.4. The summed E-state index contributed by atoms with van der Waals surface area (Å²) in [7, 11) is 0. The van der Waals surface area contributed by atoms with Gasteiger partial charge in [-0.3, -0.25) is 0 Å². The molecule has 1 aromatic carbocycles. The Kier molecular flexibility index (Phi) is 3.09. The maximum absolute atomic E-state index is 13.6. The van der Waals surface area contributed by atoms with Crippen LogP contribution in [0.4, 0.5) is 8.78 Å². The maximum atomic E-state index is 13.6. The molecule has 1 N–H and O–H groups in total. The highest BCUT2D eigenvalue weighted by Gasteiger charge is 2.20. The Morgan fingerprint density at radius 3 is 2.94 bits per heavy atom. The van der Waals surface area contributed by atoms with Gasteiger partial charge in [-0.25, -0.2) is 13.8 Å². The van der Waals surface area contributed by atoms with Gasteiger partial charge in [-0.1, -0.05) is 0 Å². The number of nitrogens with zero attached hydrogens (tertiary/aromatic N) is 1. The third-order valence-corrected chi connectivity index (χ3v) is 3.78. The van der Waals surface area contributed by atoms with E-state index in [2.05, 4.69) is 10.3 Å². The van der Waals surface area contributed by atoms with E-state index in [9.17, 15) is 8.78 Å². The molecular formula is C13H12F2N2S. The fourth-order valence-electron chi connectivity index (χ4n) is 1.71. The Labute approximate surface area is 108 Å². The molecule has 5 heteroatoms. The Hall–Kier alpha value is -1.33. The zero-order chi connectivity index (χ0) is 12.5. The van der Waals surface area contributed by atoms with Crippen molar-refractivity contribution in [2.45, 2.75) is 25.4 Å². The summed E-state index contributed by atoms with van der Waals surface area (Å²) in [5.74, 6) is -0.883. The molecule has 0 bridgehead atoms. The van der Waals surface area contributed by atoms with Gasteiger partial charge in [-0.2, -0.15) is 0 Å². The minimum Gasteiger partial charge on any atom is -0.308 e. The summed E-state index contributed by atoms with van der Waals surface area (Å²) in [6.07, 6.45) is 2.44. The van der Waals surface area contributed by atoms with Gasteiger partial charge in [0.15, 0.2) is 0 Å². The van der Waals surface area contributed by atoms with Crippen LogP contribution < -0.4 is 5.32 Å². The number of hydrogen-bond donors (Lipinski definition) is 1. The minimum absolute atomic E-state index is 0.234. The average molecular weight is 266 g/mol. The lowest BCUT2D eigenvalue weighted by Gasteiger charge is -2.00. The van der Waals surface area contributed by atoms with Crippen LogP contribution in [0.2, 0.25) is 0 Å². The molecule has 0 amide bonds. The van der Waals surface area contributed by atoms with Gasteiger partial charge < -0.3 is 5.32 Å². The third-order valence-electron chi connectivity index (χ3n) is 2.86. The number of hydrogen-bond acceptors (Lipinski definition) is 3. The Bertz CT molecular complexity index is 564. The van der Waals surface area contributed by atoms with E-state index < -0.39 is 11.6 Å². The van der Waals surface area contributed by atoms with Gasteiger partial charge >= 0.3 is 0 Å². The van der Waals surface area contributed by atoms with E-state index in [1.165, 1.54) is 30.2 Å². The molecule has 18 heavy (non-hydrogen) atoms. The van der Waals surface area contributed by atoms with E-state index in [1.807, 2.05) is 5.38 Å². The summed E-state index contributed by atoms with van der Waals surface area (Å²) < 4.78 is 26.7. The largest absolute Gasteiger partial charge is 0.308 e. The van der Waals surface area contributed by atoms with Gasteiger partial charge in [0, 0.05) is 23.5 Å². The molecule has 0 saturated heterocycles. The first-order valence-corrected chi connectivity index (χ1v) is 6.73. The second-order valence-electron chi connectivity index (χ2n) is 4.42. The summed E-state index contributed by atoms with van der Waals surface area (Å²) in [6, 6.07) is 4.05. The number of benzene rings is 1. The van der Waals surface area contributed by atoms with Crippen molar-refractivity contribution in [1.29, 1.82) is 0 Å². The molecule has 94 valence electrons. The van der Waals surface area contributed by atoms with E-state index in [-0.39, 0.29) is 5.56 Å². The van der Waals surface area contributed by atoms with Crippen molar-refractivity contribution in [3.8, 4) is 10.6 Å². The Morgan fingerprint density at radius 1 is 1.33 bits per heavy atom. The van der Waals surface area contributed by atoms with Crippen LogP contribution in [0.1, 0.15) is 18.5 Å². The fraction of sp³-hybridized carbons (Fsp3) is 0.308. The first-order valence-electron chi connectivity index (χ1n) is 5.85. The Morgan fingerprint density at radius 2 is 2.17 bits per heavy atom. The molecule has 1 saturated carbocycles. The third kappa shape index (κ3) is 2.57. The molecule has 1 aliphatic carbocycles. The molecule has 1 aliphatic rings. The highest BCUT2D eigenvalue weighted by molar-refractivity contribution is 7.13. The molecule has 1 fully saturated rings. The van der Waals surface area contributed by atoms with Crippen molar-refractivity contribution in [2.75, 3.05) is 0 Å².